The molecule has 2 aromatic carbocycles. The van der Waals surface area contributed by atoms with E-state index in [2.05, 4.69) is 22.4 Å². The lowest BCUT2D eigenvalue weighted by atomic mass is 10.0. The molecule has 1 fully saturated rings. The second kappa shape index (κ2) is 10.2. The first-order valence-electron chi connectivity index (χ1n) is 10.3. The molecular weight excluding hydrogens is 398 g/mol. The summed E-state index contributed by atoms with van der Waals surface area (Å²) in [6, 6.07) is 18.1. The lowest BCUT2D eigenvalue weighted by Crippen LogP contribution is -2.30. The van der Waals surface area contributed by atoms with Crippen LogP contribution in [0.4, 0.5) is 0 Å². The van der Waals surface area contributed by atoms with Gasteiger partial charge in [-0.05, 0) is 43.4 Å². The Balaban J connectivity index is 1.38. The molecule has 2 atom stereocenters. The van der Waals surface area contributed by atoms with E-state index in [0.29, 0.717) is 6.42 Å². The Bertz CT molecular complexity index is 889. The van der Waals surface area contributed by atoms with Crippen LogP contribution < -0.4 is 5.32 Å². The predicted octanol–water partition coefficient (Wildman–Crippen LogP) is 5.68. The van der Waals surface area contributed by atoms with Gasteiger partial charge in [0.25, 0.3) is 0 Å². The quantitative estimate of drug-likeness (QED) is 0.342. The molecule has 2 unspecified atom stereocenters. The van der Waals surface area contributed by atoms with Crippen molar-refractivity contribution in [2.24, 2.45) is 0 Å². The van der Waals surface area contributed by atoms with Gasteiger partial charge >= 0.3 is 0 Å². The molecule has 3 aromatic rings. The van der Waals surface area contributed by atoms with Crippen molar-refractivity contribution in [3.8, 4) is 0 Å². The first-order chi connectivity index (χ1) is 14.3. The molecule has 4 nitrogen and oxygen atoms in total. The zero-order chi connectivity index (χ0) is 19.9. The zero-order valence-corrected chi connectivity index (χ0v) is 18.1. The van der Waals surface area contributed by atoms with E-state index in [0.717, 1.165) is 41.4 Å². The fourth-order valence-electron chi connectivity index (χ4n) is 3.69. The average Bonchev–Trinajstić information content (AvgIpc) is 3.41. The van der Waals surface area contributed by atoms with Crippen molar-refractivity contribution in [3.63, 3.8) is 0 Å². The lowest BCUT2D eigenvalue weighted by molar-refractivity contribution is -0.122. The number of amides is 1. The van der Waals surface area contributed by atoms with Crippen LogP contribution in [0.1, 0.15) is 49.5 Å². The minimum absolute atomic E-state index is 0.111. The van der Waals surface area contributed by atoms with Gasteiger partial charge in [-0.15, -0.1) is 0 Å². The highest BCUT2D eigenvalue weighted by atomic mass is 33.1. The number of aromatic amines is 1. The number of para-hydroxylation sites is 2. The van der Waals surface area contributed by atoms with Crippen LogP contribution in [0, 0.1) is 0 Å². The summed E-state index contributed by atoms with van der Waals surface area (Å²) in [5.41, 5.74) is 3.12. The van der Waals surface area contributed by atoms with Gasteiger partial charge in [-0.3, -0.25) is 4.79 Å². The Kier molecular flexibility index (Phi) is 7.17. The minimum Gasteiger partial charge on any atom is -0.346 e. The number of fused-ring (bicyclic) bond motifs is 1. The maximum absolute atomic E-state index is 12.7. The van der Waals surface area contributed by atoms with Gasteiger partial charge in [0, 0.05) is 17.4 Å². The highest BCUT2D eigenvalue weighted by Gasteiger charge is 2.20. The van der Waals surface area contributed by atoms with E-state index >= 15 is 0 Å². The number of aromatic nitrogens is 2. The fourth-order valence-corrected chi connectivity index (χ4v) is 6.72. The maximum Gasteiger partial charge on any atom is 0.220 e. The molecule has 6 heteroatoms. The number of unbranched alkanes of at least 4 members (excludes halogenated alkanes) is 1. The number of hydrogen-bond acceptors (Lipinski definition) is 4. The largest absolute Gasteiger partial charge is 0.346 e. The topological polar surface area (TPSA) is 57.8 Å². The number of nitrogens with one attached hydrogen (secondary N) is 2. The van der Waals surface area contributed by atoms with Gasteiger partial charge in [-0.25, -0.2) is 4.98 Å². The monoisotopic (exact) mass is 425 g/mol. The molecular formula is C23H27N3OS2. The van der Waals surface area contributed by atoms with Gasteiger partial charge in [-0.1, -0.05) is 70.5 Å². The van der Waals surface area contributed by atoms with E-state index in [1.807, 2.05) is 64.1 Å². The van der Waals surface area contributed by atoms with Crippen LogP contribution in [0.3, 0.4) is 0 Å². The molecule has 152 valence electrons. The highest BCUT2D eigenvalue weighted by Crippen LogP contribution is 2.39. The highest BCUT2D eigenvalue weighted by molar-refractivity contribution is 8.77. The smallest absolute Gasteiger partial charge is 0.220 e. The van der Waals surface area contributed by atoms with Crippen molar-refractivity contribution in [2.75, 3.05) is 5.75 Å². The van der Waals surface area contributed by atoms with E-state index in [9.17, 15) is 4.79 Å². The summed E-state index contributed by atoms with van der Waals surface area (Å²) in [5, 5.41) is 4.01. The van der Waals surface area contributed by atoms with Crippen LogP contribution in [-0.2, 0) is 11.2 Å². The standard InChI is InChI=1S/C23H27N3OS2/c27-22(13-7-4-10-18-14-15-28-29-18)24-21(16-17-8-2-1-3-9-17)23-25-19-11-5-6-12-20(19)26-23/h1-3,5-6,8-9,11-12,18,21H,4,7,10,13-16H2,(H,24,27)(H,25,26). The Morgan fingerprint density at radius 3 is 2.76 bits per heavy atom. The third-order valence-corrected chi connectivity index (χ3v) is 8.27. The summed E-state index contributed by atoms with van der Waals surface area (Å²) in [5.74, 6) is 2.21. The Hall–Kier alpha value is -1.92. The van der Waals surface area contributed by atoms with Crippen molar-refractivity contribution in [3.05, 3.63) is 66.0 Å². The minimum atomic E-state index is -0.154. The van der Waals surface area contributed by atoms with Crippen LogP contribution in [-0.4, -0.2) is 26.9 Å². The first-order valence-corrected chi connectivity index (χ1v) is 12.7. The summed E-state index contributed by atoms with van der Waals surface area (Å²) in [6.45, 7) is 0. The van der Waals surface area contributed by atoms with E-state index in [1.165, 1.54) is 24.2 Å². The fraction of sp³-hybridized carbons (Fsp3) is 0.391. The number of rotatable bonds is 9. The molecule has 1 aliphatic heterocycles. The average molecular weight is 426 g/mol. The van der Waals surface area contributed by atoms with Crippen molar-refractivity contribution in [1.29, 1.82) is 0 Å². The zero-order valence-electron chi connectivity index (χ0n) is 16.5. The number of carbonyl (C=O) groups excluding carboxylic acids is 1. The molecule has 2 N–H and O–H groups in total. The predicted molar refractivity (Wildman–Crippen MR) is 124 cm³/mol. The van der Waals surface area contributed by atoms with Crippen molar-refractivity contribution in [2.45, 2.75) is 49.8 Å². The summed E-state index contributed by atoms with van der Waals surface area (Å²) < 4.78 is 0. The second-order valence-electron chi connectivity index (χ2n) is 7.52. The van der Waals surface area contributed by atoms with E-state index in [1.54, 1.807) is 0 Å². The van der Waals surface area contributed by atoms with Crippen LogP contribution in [0.2, 0.25) is 0 Å². The molecule has 1 aromatic heterocycles. The maximum atomic E-state index is 12.7. The van der Waals surface area contributed by atoms with E-state index in [-0.39, 0.29) is 11.9 Å². The third-order valence-electron chi connectivity index (χ3n) is 5.26. The third kappa shape index (κ3) is 5.80. The van der Waals surface area contributed by atoms with Gasteiger partial charge in [0.15, 0.2) is 0 Å². The van der Waals surface area contributed by atoms with E-state index < -0.39 is 0 Å². The lowest BCUT2D eigenvalue weighted by Gasteiger charge is -2.17. The van der Waals surface area contributed by atoms with Crippen molar-refractivity contribution >= 4 is 38.5 Å². The van der Waals surface area contributed by atoms with Crippen LogP contribution in [0.25, 0.3) is 11.0 Å². The molecule has 0 radical (unpaired) electrons. The van der Waals surface area contributed by atoms with Crippen molar-refractivity contribution in [1.82, 2.24) is 15.3 Å². The van der Waals surface area contributed by atoms with Gasteiger partial charge in [-0.2, -0.15) is 0 Å². The van der Waals surface area contributed by atoms with Crippen molar-refractivity contribution < 1.29 is 4.79 Å². The molecule has 1 saturated heterocycles. The number of nitrogens with zero attached hydrogens (tertiary/aromatic N) is 1. The SMILES string of the molecule is O=C(CCCCC1CCSS1)NC(Cc1ccccc1)c1nc2ccccc2[nH]1. The van der Waals surface area contributed by atoms with Gasteiger partial charge in [0.05, 0.1) is 17.1 Å². The second-order valence-corrected chi connectivity index (χ2v) is 10.3. The van der Waals surface area contributed by atoms with Gasteiger partial charge < -0.3 is 10.3 Å². The number of H-pyrrole nitrogens is 1. The molecule has 0 saturated carbocycles. The van der Waals surface area contributed by atoms with Crippen LogP contribution in [0.5, 0.6) is 0 Å². The molecule has 0 bridgehead atoms. The number of carbonyl (C=O) groups is 1. The summed E-state index contributed by atoms with van der Waals surface area (Å²) >= 11 is 0. The molecule has 0 spiro atoms. The molecule has 29 heavy (non-hydrogen) atoms. The summed E-state index contributed by atoms with van der Waals surface area (Å²) in [4.78, 5) is 20.8. The van der Waals surface area contributed by atoms with E-state index in [4.69, 9.17) is 4.98 Å². The number of imidazole rings is 1. The molecule has 2 heterocycles. The molecule has 1 amide bonds. The van der Waals surface area contributed by atoms with Crippen LogP contribution >= 0.6 is 21.6 Å². The first kappa shape index (κ1) is 20.4. The normalized spacial score (nSPS) is 17.4. The summed E-state index contributed by atoms with van der Waals surface area (Å²) in [7, 11) is 4.00. The van der Waals surface area contributed by atoms with Crippen LogP contribution in [0.15, 0.2) is 54.6 Å². The Morgan fingerprint density at radius 2 is 1.97 bits per heavy atom. The molecule has 1 aliphatic rings. The Morgan fingerprint density at radius 1 is 1.14 bits per heavy atom. The number of hydrogen-bond donors (Lipinski definition) is 2. The molecule has 0 aliphatic carbocycles. The van der Waals surface area contributed by atoms with Gasteiger partial charge in [0.2, 0.25) is 5.91 Å². The number of benzene rings is 2. The summed E-state index contributed by atoms with van der Waals surface area (Å²) in [6.07, 6.45) is 5.92. The van der Waals surface area contributed by atoms with Gasteiger partial charge in [0.1, 0.15) is 5.82 Å². The molecule has 4 rings (SSSR count). The Labute approximate surface area is 180 Å².